The molecule has 0 saturated heterocycles. The Morgan fingerprint density at radius 1 is 0.435 bits per heavy atom. The molecule has 9 heteroatoms. The van der Waals surface area contributed by atoms with Crippen molar-refractivity contribution in [2.45, 2.75) is 64.7 Å². The molecule has 0 aliphatic rings. The van der Waals surface area contributed by atoms with E-state index in [1.165, 1.54) is 12.1 Å². The maximum atomic E-state index is 14.8. The second kappa shape index (κ2) is 14.1. The zero-order valence-electron chi connectivity index (χ0n) is 34.9. The van der Waals surface area contributed by atoms with Gasteiger partial charge in [-0.1, -0.05) is 108 Å². The summed E-state index contributed by atoms with van der Waals surface area (Å²) in [5, 5.41) is 14.7. The quantitative estimate of drug-likeness (QED) is 0.163. The van der Waals surface area contributed by atoms with Crippen molar-refractivity contribution in [2.75, 3.05) is 0 Å². The Bertz CT molecular complexity index is 3270. The lowest BCUT2D eigenvalue weighted by Crippen LogP contribution is -2.14. The van der Waals surface area contributed by atoms with E-state index in [0.29, 0.717) is 29.1 Å². The molecule has 0 aliphatic carbocycles. The average molecular weight is 834 g/mol. The number of hydrogen-bond donors (Lipinski definition) is 0. The Morgan fingerprint density at radius 2 is 0.903 bits per heavy atom. The van der Waals surface area contributed by atoms with Crippen LogP contribution in [0.25, 0.3) is 77.2 Å². The Balaban J connectivity index is 1.46. The monoisotopic (exact) mass is 833 g/mol. The van der Waals surface area contributed by atoms with E-state index in [1.54, 1.807) is 18.2 Å². The van der Waals surface area contributed by atoms with Gasteiger partial charge in [-0.15, -0.1) is 0 Å². The minimum atomic E-state index is -5.11. The van der Waals surface area contributed by atoms with Crippen LogP contribution in [0.4, 0.5) is 26.3 Å². The first-order valence-electron chi connectivity index (χ1n) is 20.3. The summed E-state index contributed by atoms with van der Waals surface area (Å²) in [6.45, 7) is 12.8. The largest absolute Gasteiger partial charge is 0.417 e. The van der Waals surface area contributed by atoms with Crippen molar-refractivity contribution in [1.29, 1.82) is 5.26 Å². The van der Waals surface area contributed by atoms with E-state index in [2.05, 4.69) is 65.8 Å². The fourth-order valence-corrected chi connectivity index (χ4v) is 8.92. The molecule has 2 aromatic heterocycles. The molecule has 310 valence electrons. The third kappa shape index (κ3) is 6.60. The fraction of sp³-hybridized carbons (Fsp3) is 0.189. The molecule has 9 rings (SSSR count). The predicted molar refractivity (Wildman–Crippen MR) is 238 cm³/mol. The topological polar surface area (TPSA) is 33.6 Å². The number of hydrogen-bond acceptors (Lipinski definition) is 1. The van der Waals surface area contributed by atoms with Gasteiger partial charge in [-0.2, -0.15) is 31.6 Å². The molecule has 0 bridgehead atoms. The molecule has 0 N–H and O–H groups in total. The summed E-state index contributed by atoms with van der Waals surface area (Å²) >= 11 is 0. The summed E-state index contributed by atoms with van der Waals surface area (Å²) < 4.78 is 93.1. The molecular formula is C53H41F6N3. The second-order valence-electron chi connectivity index (χ2n) is 17.9. The molecule has 0 saturated carbocycles. The summed E-state index contributed by atoms with van der Waals surface area (Å²) in [6, 6.07) is 42.1. The Labute approximate surface area is 355 Å². The molecule has 7 aromatic carbocycles. The van der Waals surface area contributed by atoms with Crippen molar-refractivity contribution in [3.63, 3.8) is 0 Å². The van der Waals surface area contributed by atoms with E-state index in [9.17, 15) is 31.6 Å². The molecule has 0 radical (unpaired) electrons. The van der Waals surface area contributed by atoms with Crippen molar-refractivity contribution in [3.05, 3.63) is 167 Å². The van der Waals surface area contributed by atoms with Crippen LogP contribution in [0.15, 0.2) is 140 Å². The van der Waals surface area contributed by atoms with E-state index in [4.69, 9.17) is 0 Å². The highest BCUT2D eigenvalue weighted by atomic mass is 19.4. The number of fused-ring (bicyclic) bond motifs is 6. The molecule has 0 aliphatic heterocycles. The first-order valence-corrected chi connectivity index (χ1v) is 20.3. The molecule has 0 spiro atoms. The van der Waals surface area contributed by atoms with Crippen LogP contribution < -0.4 is 0 Å². The van der Waals surface area contributed by atoms with Crippen LogP contribution in [0.1, 0.15) is 69.4 Å². The van der Waals surface area contributed by atoms with Gasteiger partial charge >= 0.3 is 12.4 Å². The molecule has 0 unspecified atom stereocenters. The smallest absolute Gasteiger partial charge is 0.309 e. The van der Waals surface area contributed by atoms with Crippen molar-refractivity contribution in [1.82, 2.24) is 9.13 Å². The Morgan fingerprint density at radius 3 is 1.39 bits per heavy atom. The lowest BCUT2D eigenvalue weighted by atomic mass is 9.86. The van der Waals surface area contributed by atoms with Gasteiger partial charge in [0.05, 0.1) is 56.2 Å². The van der Waals surface area contributed by atoms with Crippen LogP contribution in [0, 0.1) is 11.3 Å². The molecule has 3 nitrogen and oxygen atoms in total. The second-order valence-corrected chi connectivity index (χ2v) is 17.9. The van der Waals surface area contributed by atoms with Gasteiger partial charge in [0.1, 0.15) is 0 Å². The predicted octanol–water partition coefficient (Wildman–Crippen LogP) is 15.7. The number of halogens is 6. The van der Waals surface area contributed by atoms with Crippen LogP contribution >= 0.6 is 0 Å². The summed E-state index contributed by atoms with van der Waals surface area (Å²) in [7, 11) is 0. The van der Waals surface area contributed by atoms with E-state index < -0.39 is 29.0 Å². The van der Waals surface area contributed by atoms with Crippen molar-refractivity contribution in [2.24, 2.45) is 0 Å². The molecule has 9 aromatic rings. The average Bonchev–Trinajstić information content (AvgIpc) is 3.74. The normalized spacial score (nSPS) is 12.8. The highest BCUT2D eigenvalue weighted by molar-refractivity contribution is 6.12. The summed E-state index contributed by atoms with van der Waals surface area (Å²) in [5.74, 6) is 0. The summed E-state index contributed by atoms with van der Waals surface area (Å²) in [4.78, 5) is 0. The van der Waals surface area contributed by atoms with Crippen LogP contribution in [0.2, 0.25) is 0 Å². The van der Waals surface area contributed by atoms with E-state index in [1.807, 2.05) is 81.9 Å². The lowest BCUT2D eigenvalue weighted by Gasteiger charge is -2.23. The highest BCUT2D eigenvalue weighted by Gasteiger charge is 2.41. The van der Waals surface area contributed by atoms with Gasteiger partial charge < -0.3 is 9.13 Å². The van der Waals surface area contributed by atoms with Gasteiger partial charge in [-0.05, 0) is 100 Å². The van der Waals surface area contributed by atoms with Gasteiger partial charge in [0, 0.05) is 38.2 Å². The van der Waals surface area contributed by atoms with Crippen LogP contribution in [0.3, 0.4) is 0 Å². The Kier molecular flexibility index (Phi) is 9.26. The fourth-order valence-electron chi connectivity index (χ4n) is 8.92. The summed E-state index contributed by atoms with van der Waals surface area (Å²) in [6.07, 6.45) is -10.2. The third-order valence-corrected chi connectivity index (χ3v) is 12.0. The number of rotatable bonds is 4. The number of nitrogens with zero attached hydrogens (tertiary/aromatic N) is 3. The lowest BCUT2D eigenvalue weighted by molar-refractivity contribution is -0.142. The zero-order valence-corrected chi connectivity index (χ0v) is 34.9. The molecule has 0 atom stereocenters. The van der Waals surface area contributed by atoms with Crippen LogP contribution in [-0.2, 0) is 23.2 Å². The van der Waals surface area contributed by atoms with Gasteiger partial charge in [-0.25, -0.2) is 0 Å². The molecule has 0 amide bonds. The maximum absolute atomic E-state index is 14.8. The molecule has 0 fully saturated rings. The number of nitriles is 1. The minimum absolute atomic E-state index is 0.170. The van der Waals surface area contributed by atoms with E-state index in [-0.39, 0.29) is 27.5 Å². The Hall–Kier alpha value is -6.79. The molecule has 2 heterocycles. The molecular weight excluding hydrogens is 793 g/mol. The maximum Gasteiger partial charge on any atom is 0.417 e. The van der Waals surface area contributed by atoms with Crippen molar-refractivity contribution >= 4 is 43.6 Å². The highest BCUT2D eigenvalue weighted by Crippen LogP contribution is 2.48. The van der Waals surface area contributed by atoms with Gasteiger partial charge in [0.25, 0.3) is 0 Å². The SMILES string of the molecule is CC(C)(C)c1ccc2c(c1)c1ccccc1n2-c1ccc(-c2c(C(F)(F)F)cccc2C(F)(F)F)cc1-c1c(C#N)cccc1-n1c2ccccc2c2cc(C(C)(C)C)ccc21. The van der Waals surface area contributed by atoms with E-state index in [0.717, 1.165) is 60.8 Å². The standard InChI is InChI=1S/C53H41F6N3/c1-50(2,3)33-22-25-44-37(28-33)35-14-7-9-18-42(35)61(44)46-24-21-31(49-40(52(54,55)56)16-12-17-41(49)53(57,58)59)27-39(46)48-32(30-60)13-11-20-47(48)62-43-19-10-8-15-36(43)38-29-34(51(4,5)6)23-26-45(38)62/h7-29H,1-6H3. The number of para-hydroxylation sites is 2. The third-order valence-electron chi connectivity index (χ3n) is 12.0. The van der Waals surface area contributed by atoms with Gasteiger partial charge in [-0.3, -0.25) is 0 Å². The number of benzene rings is 7. The minimum Gasteiger partial charge on any atom is -0.309 e. The van der Waals surface area contributed by atoms with Crippen molar-refractivity contribution in [3.8, 4) is 39.7 Å². The van der Waals surface area contributed by atoms with Gasteiger partial charge in [0.2, 0.25) is 0 Å². The first-order chi connectivity index (χ1) is 29.3. The summed E-state index contributed by atoms with van der Waals surface area (Å²) in [5.41, 5.74) is 2.75. The number of aromatic nitrogens is 2. The van der Waals surface area contributed by atoms with E-state index >= 15 is 0 Å². The first kappa shape index (κ1) is 40.6. The van der Waals surface area contributed by atoms with Crippen molar-refractivity contribution < 1.29 is 26.3 Å². The van der Waals surface area contributed by atoms with Gasteiger partial charge in [0.15, 0.2) is 0 Å². The number of alkyl halides is 6. The van der Waals surface area contributed by atoms with Crippen LogP contribution in [0.5, 0.6) is 0 Å². The van der Waals surface area contributed by atoms with Crippen LogP contribution in [-0.4, -0.2) is 9.13 Å². The zero-order chi connectivity index (χ0) is 44.1. The molecule has 62 heavy (non-hydrogen) atoms.